The largest absolute Gasteiger partial charge is 0.495 e. The van der Waals surface area contributed by atoms with Crippen LogP contribution in [0.1, 0.15) is 18.9 Å². The van der Waals surface area contributed by atoms with Gasteiger partial charge in [-0.15, -0.1) is 0 Å². The van der Waals surface area contributed by atoms with Gasteiger partial charge in [-0.3, -0.25) is 0 Å². The summed E-state index contributed by atoms with van der Waals surface area (Å²) in [6, 6.07) is 2.78. The number of ether oxygens (including phenoxy) is 1. The number of hydrogen-bond donors (Lipinski definition) is 1. The lowest BCUT2D eigenvalue weighted by Gasteiger charge is -2.13. The first-order valence-electron chi connectivity index (χ1n) is 4.86. The Morgan fingerprint density at radius 1 is 1.53 bits per heavy atom. The third-order valence-corrected chi connectivity index (χ3v) is 2.78. The molecule has 0 aliphatic carbocycles. The molecule has 1 rings (SSSR count). The standard InChI is InChI=1S/C11H15ClFNO/c1-3-7(14)6-8-9(13)4-5-10(15-2)11(8)12/h4-5,7H,3,6,14H2,1-2H3. The van der Waals surface area contributed by atoms with Gasteiger partial charge in [0, 0.05) is 11.6 Å². The Morgan fingerprint density at radius 2 is 2.20 bits per heavy atom. The molecule has 2 nitrogen and oxygen atoms in total. The highest BCUT2D eigenvalue weighted by atomic mass is 35.5. The van der Waals surface area contributed by atoms with E-state index in [0.29, 0.717) is 22.8 Å². The van der Waals surface area contributed by atoms with Gasteiger partial charge < -0.3 is 10.5 Å². The predicted molar refractivity (Wildman–Crippen MR) is 59.9 cm³/mol. The molecule has 0 heterocycles. The Hall–Kier alpha value is -0.800. The second kappa shape index (κ2) is 5.33. The van der Waals surface area contributed by atoms with E-state index in [2.05, 4.69) is 0 Å². The molecule has 0 bridgehead atoms. The summed E-state index contributed by atoms with van der Waals surface area (Å²) in [7, 11) is 1.50. The van der Waals surface area contributed by atoms with Crippen molar-refractivity contribution in [2.45, 2.75) is 25.8 Å². The normalized spacial score (nSPS) is 12.6. The van der Waals surface area contributed by atoms with Crippen molar-refractivity contribution in [3.63, 3.8) is 0 Å². The van der Waals surface area contributed by atoms with Crippen LogP contribution in [-0.2, 0) is 6.42 Å². The fraction of sp³-hybridized carbons (Fsp3) is 0.455. The van der Waals surface area contributed by atoms with Crippen LogP contribution in [0.4, 0.5) is 4.39 Å². The summed E-state index contributed by atoms with van der Waals surface area (Å²) >= 11 is 5.99. The second-order valence-corrected chi connectivity index (χ2v) is 3.79. The van der Waals surface area contributed by atoms with E-state index in [0.717, 1.165) is 6.42 Å². The molecule has 0 aliphatic rings. The number of methoxy groups -OCH3 is 1. The van der Waals surface area contributed by atoms with Gasteiger partial charge >= 0.3 is 0 Å². The fourth-order valence-electron chi connectivity index (χ4n) is 1.33. The van der Waals surface area contributed by atoms with Gasteiger partial charge in [0.25, 0.3) is 0 Å². The molecule has 0 amide bonds. The molecule has 0 spiro atoms. The van der Waals surface area contributed by atoms with Crippen LogP contribution < -0.4 is 10.5 Å². The lowest BCUT2D eigenvalue weighted by Crippen LogP contribution is -2.22. The highest BCUT2D eigenvalue weighted by Gasteiger charge is 2.14. The number of hydrogen-bond acceptors (Lipinski definition) is 2. The topological polar surface area (TPSA) is 35.2 Å². The molecule has 1 aromatic rings. The smallest absolute Gasteiger partial charge is 0.137 e. The van der Waals surface area contributed by atoms with E-state index in [-0.39, 0.29) is 11.9 Å². The summed E-state index contributed by atoms with van der Waals surface area (Å²) in [5, 5.41) is 0.321. The van der Waals surface area contributed by atoms with Crippen molar-refractivity contribution < 1.29 is 9.13 Å². The zero-order valence-corrected chi connectivity index (χ0v) is 9.64. The first kappa shape index (κ1) is 12.3. The summed E-state index contributed by atoms with van der Waals surface area (Å²) in [5.41, 5.74) is 6.20. The van der Waals surface area contributed by atoms with Crippen molar-refractivity contribution >= 4 is 11.6 Å². The highest BCUT2D eigenvalue weighted by Crippen LogP contribution is 2.30. The molecule has 0 aromatic heterocycles. The number of rotatable bonds is 4. The van der Waals surface area contributed by atoms with Crippen LogP contribution in [0.3, 0.4) is 0 Å². The van der Waals surface area contributed by atoms with Gasteiger partial charge in [0.15, 0.2) is 0 Å². The molecule has 0 radical (unpaired) electrons. The molecule has 2 N–H and O–H groups in total. The van der Waals surface area contributed by atoms with Crippen LogP contribution in [0, 0.1) is 5.82 Å². The molecule has 84 valence electrons. The lowest BCUT2D eigenvalue weighted by molar-refractivity contribution is 0.412. The minimum absolute atomic E-state index is 0.0795. The molecule has 0 aliphatic heterocycles. The molecule has 0 saturated heterocycles. The van der Waals surface area contributed by atoms with Crippen LogP contribution in [0.5, 0.6) is 5.75 Å². The Morgan fingerprint density at radius 3 is 2.73 bits per heavy atom. The first-order valence-corrected chi connectivity index (χ1v) is 5.24. The zero-order chi connectivity index (χ0) is 11.4. The van der Waals surface area contributed by atoms with Gasteiger partial charge in [0.1, 0.15) is 11.6 Å². The van der Waals surface area contributed by atoms with Crippen molar-refractivity contribution in [1.29, 1.82) is 0 Å². The molecule has 1 atom stereocenters. The van der Waals surface area contributed by atoms with E-state index in [1.165, 1.54) is 19.2 Å². The third kappa shape index (κ3) is 2.83. The molecule has 4 heteroatoms. The van der Waals surface area contributed by atoms with Crippen LogP contribution in [0.2, 0.25) is 5.02 Å². The van der Waals surface area contributed by atoms with Crippen molar-refractivity contribution in [3.05, 3.63) is 28.5 Å². The van der Waals surface area contributed by atoms with Crippen molar-refractivity contribution in [3.8, 4) is 5.75 Å². The molecule has 0 fully saturated rings. The van der Waals surface area contributed by atoms with Crippen LogP contribution in [0.25, 0.3) is 0 Å². The third-order valence-electron chi connectivity index (χ3n) is 2.36. The monoisotopic (exact) mass is 231 g/mol. The van der Waals surface area contributed by atoms with E-state index < -0.39 is 0 Å². The van der Waals surface area contributed by atoms with E-state index >= 15 is 0 Å². The quantitative estimate of drug-likeness (QED) is 0.865. The van der Waals surface area contributed by atoms with Crippen molar-refractivity contribution in [2.24, 2.45) is 5.73 Å². The summed E-state index contributed by atoms with van der Waals surface area (Å²) < 4.78 is 18.5. The van der Waals surface area contributed by atoms with Gasteiger partial charge in [-0.2, -0.15) is 0 Å². The SMILES string of the molecule is CCC(N)Cc1c(F)ccc(OC)c1Cl. The van der Waals surface area contributed by atoms with Crippen molar-refractivity contribution in [1.82, 2.24) is 0 Å². The Balaban J connectivity index is 3.04. The zero-order valence-electron chi connectivity index (χ0n) is 8.89. The lowest BCUT2D eigenvalue weighted by atomic mass is 10.0. The van der Waals surface area contributed by atoms with Gasteiger partial charge in [-0.25, -0.2) is 4.39 Å². The summed E-state index contributed by atoms with van der Waals surface area (Å²) in [4.78, 5) is 0. The number of nitrogens with two attached hydrogens (primary N) is 1. The van der Waals surface area contributed by atoms with E-state index in [4.69, 9.17) is 22.1 Å². The van der Waals surface area contributed by atoms with Gasteiger partial charge in [0.05, 0.1) is 12.1 Å². The fourth-order valence-corrected chi connectivity index (χ4v) is 1.64. The van der Waals surface area contributed by atoms with Gasteiger partial charge in [-0.1, -0.05) is 18.5 Å². The van der Waals surface area contributed by atoms with Crippen LogP contribution >= 0.6 is 11.6 Å². The number of benzene rings is 1. The second-order valence-electron chi connectivity index (χ2n) is 3.41. The summed E-state index contributed by atoms with van der Waals surface area (Å²) in [6.45, 7) is 1.96. The maximum absolute atomic E-state index is 13.5. The molecule has 0 saturated carbocycles. The minimum atomic E-state index is -0.329. The highest BCUT2D eigenvalue weighted by molar-refractivity contribution is 6.32. The Labute approximate surface area is 94.2 Å². The Kier molecular flexibility index (Phi) is 4.36. The summed E-state index contributed by atoms with van der Waals surface area (Å²) in [6.07, 6.45) is 1.21. The minimum Gasteiger partial charge on any atom is -0.495 e. The molecule has 15 heavy (non-hydrogen) atoms. The first-order chi connectivity index (χ1) is 7.10. The van der Waals surface area contributed by atoms with Crippen molar-refractivity contribution in [2.75, 3.05) is 7.11 Å². The van der Waals surface area contributed by atoms with Gasteiger partial charge in [0.2, 0.25) is 0 Å². The van der Waals surface area contributed by atoms with Crippen LogP contribution in [-0.4, -0.2) is 13.2 Å². The van der Waals surface area contributed by atoms with E-state index in [9.17, 15) is 4.39 Å². The Bertz CT molecular complexity index is 344. The average molecular weight is 232 g/mol. The van der Waals surface area contributed by atoms with E-state index in [1.807, 2.05) is 6.92 Å². The average Bonchev–Trinajstić information content (AvgIpc) is 2.24. The summed E-state index contributed by atoms with van der Waals surface area (Å²) in [5.74, 6) is 0.154. The predicted octanol–water partition coefficient (Wildman–Crippen LogP) is 2.77. The molecular formula is C11H15ClFNO. The maximum Gasteiger partial charge on any atom is 0.137 e. The van der Waals surface area contributed by atoms with E-state index in [1.54, 1.807) is 0 Å². The molecule has 1 aromatic carbocycles. The van der Waals surface area contributed by atoms with Gasteiger partial charge in [-0.05, 0) is 25.0 Å². The maximum atomic E-state index is 13.5. The molecular weight excluding hydrogens is 217 g/mol. The van der Waals surface area contributed by atoms with Crippen LogP contribution in [0.15, 0.2) is 12.1 Å². The molecule has 1 unspecified atom stereocenters. The number of halogens is 2.